The minimum atomic E-state index is 0.855. The number of hydrogen-bond acceptors (Lipinski definition) is 0. The van der Waals surface area contributed by atoms with E-state index in [1.54, 1.807) is 0 Å². The van der Waals surface area contributed by atoms with Crippen molar-refractivity contribution in [2.24, 2.45) is 0 Å². The molecule has 0 aliphatic heterocycles. The predicted octanol–water partition coefficient (Wildman–Crippen LogP) is 4.67. The van der Waals surface area contributed by atoms with E-state index in [0.717, 1.165) is 15.9 Å². The zero-order valence-corrected chi connectivity index (χ0v) is 10.3. The van der Waals surface area contributed by atoms with Crippen LogP contribution in [0.5, 0.6) is 0 Å². The minimum Gasteiger partial charge on any atom is -0.0837 e. The van der Waals surface area contributed by atoms with Gasteiger partial charge >= 0.3 is 0 Å². The third-order valence-electron chi connectivity index (χ3n) is 2.82. The van der Waals surface area contributed by atoms with E-state index >= 15 is 0 Å². The summed E-state index contributed by atoms with van der Waals surface area (Å²) in [5.74, 6) is 0. The van der Waals surface area contributed by atoms with E-state index in [-0.39, 0.29) is 0 Å². The highest BCUT2D eigenvalue weighted by atomic mass is 79.9. The number of halogens is 2. The quantitative estimate of drug-likeness (QED) is 0.561. The lowest BCUT2D eigenvalue weighted by molar-refractivity contribution is 1.26. The normalized spacial score (nSPS) is 12.4. The molecule has 1 aliphatic carbocycles. The maximum atomic E-state index is 6.23. The average Bonchev–Trinajstić information content (AvgIpc) is 2.56. The average molecular weight is 280 g/mol. The molecule has 0 radical (unpaired) electrons. The molecule has 0 amide bonds. The summed E-state index contributed by atoms with van der Waals surface area (Å²) in [7, 11) is 0. The van der Waals surface area contributed by atoms with Gasteiger partial charge in [-0.3, -0.25) is 0 Å². The van der Waals surface area contributed by atoms with Gasteiger partial charge in [0.15, 0.2) is 0 Å². The maximum Gasteiger partial charge on any atom is 0.0487 e. The number of hydrogen-bond donors (Lipinski definition) is 0. The Balaban J connectivity index is 2.31. The fourth-order valence-electron chi connectivity index (χ4n) is 2.18. The van der Waals surface area contributed by atoms with Crippen molar-refractivity contribution >= 4 is 27.5 Å². The van der Waals surface area contributed by atoms with Gasteiger partial charge in [-0.1, -0.05) is 45.7 Å². The molecular formula is C13H8BrCl. The molecule has 2 aromatic carbocycles. The Morgan fingerprint density at radius 2 is 1.93 bits per heavy atom. The molecule has 1 aliphatic rings. The molecule has 15 heavy (non-hydrogen) atoms. The van der Waals surface area contributed by atoms with Crippen LogP contribution >= 0.6 is 27.5 Å². The first kappa shape index (κ1) is 9.44. The molecule has 0 heterocycles. The van der Waals surface area contributed by atoms with E-state index < -0.39 is 0 Å². The lowest BCUT2D eigenvalue weighted by Gasteiger charge is -2.03. The van der Waals surface area contributed by atoms with Crippen LogP contribution in [0.4, 0.5) is 0 Å². The second kappa shape index (κ2) is 3.36. The fourth-order valence-corrected chi connectivity index (χ4v) is 2.88. The first-order valence-electron chi connectivity index (χ1n) is 4.82. The lowest BCUT2D eigenvalue weighted by Crippen LogP contribution is -1.79. The molecule has 0 spiro atoms. The Kier molecular flexibility index (Phi) is 2.11. The minimum absolute atomic E-state index is 0.855. The van der Waals surface area contributed by atoms with E-state index in [1.807, 2.05) is 12.1 Å². The highest BCUT2D eigenvalue weighted by Crippen LogP contribution is 2.41. The summed E-state index contributed by atoms with van der Waals surface area (Å²) in [6.07, 6.45) is 0.991. The van der Waals surface area contributed by atoms with Gasteiger partial charge in [-0.05, 0) is 41.3 Å². The van der Waals surface area contributed by atoms with E-state index in [9.17, 15) is 0 Å². The molecule has 0 unspecified atom stereocenters. The van der Waals surface area contributed by atoms with Gasteiger partial charge < -0.3 is 0 Å². The van der Waals surface area contributed by atoms with E-state index in [2.05, 4.69) is 40.2 Å². The Hall–Kier alpha value is -0.790. The summed E-state index contributed by atoms with van der Waals surface area (Å²) >= 11 is 9.72. The third-order valence-corrected chi connectivity index (χ3v) is 3.63. The van der Waals surface area contributed by atoms with Crippen LogP contribution in [-0.4, -0.2) is 0 Å². The van der Waals surface area contributed by atoms with E-state index in [1.165, 1.54) is 22.3 Å². The smallest absolute Gasteiger partial charge is 0.0487 e. The molecule has 0 atom stereocenters. The van der Waals surface area contributed by atoms with Crippen LogP contribution in [-0.2, 0) is 6.42 Å². The van der Waals surface area contributed by atoms with Crippen LogP contribution in [0.15, 0.2) is 40.9 Å². The van der Waals surface area contributed by atoms with Crippen LogP contribution in [0.3, 0.4) is 0 Å². The molecule has 0 N–H and O–H groups in total. The van der Waals surface area contributed by atoms with Gasteiger partial charge in [0, 0.05) is 15.1 Å². The molecule has 0 fully saturated rings. The zero-order valence-electron chi connectivity index (χ0n) is 7.93. The molecule has 74 valence electrons. The predicted molar refractivity (Wildman–Crippen MR) is 67.4 cm³/mol. The molecule has 2 aromatic rings. The topological polar surface area (TPSA) is 0 Å². The van der Waals surface area contributed by atoms with Crippen molar-refractivity contribution in [2.75, 3.05) is 0 Å². The number of rotatable bonds is 0. The Morgan fingerprint density at radius 3 is 2.80 bits per heavy atom. The monoisotopic (exact) mass is 278 g/mol. The maximum absolute atomic E-state index is 6.23. The molecule has 0 saturated heterocycles. The second-order valence-electron chi connectivity index (χ2n) is 3.75. The lowest BCUT2D eigenvalue weighted by atomic mass is 10.1. The number of fused-ring (bicyclic) bond motifs is 3. The van der Waals surface area contributed by atoms with Crippen molar-refractivity contribution in [1.29, 1.82) is 0 Å². The van der Waals surface area contributed by atoms with Gasteiger partial charge in [-0.2, -0.15) is 0 Å². The molecule has 0 aromatic heterocycles. The van der Waals surface area contributed by atoms with Gasteiger partial charge in [0.05, 0.1) is 0 Å². The first-order valence-corrected chi connectivity index (χ1v) is 5.99. The van der Waals surface area contributed by atoms with Crippen molar-refractivity contribution in [3.63, 3.8) is 0 Å². The van der Waals surface area contributed by atoms with Crippen molar-refractivity contribution in [3.8, 4) is 11.1 Å². The standard InChI is InChI=1S/C13H8BrCl/c14-10-4-5-11-9(7-10)6-8-2-1-3-12(15)13(8)11/h1-5,7H,6H2. The SMILES string of the molecule is Clc1cccc2c1-c1ccc(Br)cc1C2. The summed E-state index contributed by atoms with van der Waals surface area (Å²) in [5.41, 5.74) is 5.17. The van der Waals surface area contributed by atoms with Gasteiger partial charge in [-0.25, -0.2) is 0 Å². The second-order valence-corrected chi connectivity index (χ2v) is 5.08. The van der Waals surface area contributed by atoms with E-state index in [4.69, 9.17) is 11.6 Å². The third kappa shape index (κ3) is 1.42. The van der Waals surface area contributed by atoms with Crippen molar-refractivity contribution in [2.45, 2.75) is 6.42 Å². The van der Waals surface area contributed by atoms with Crippen LogP contribution in [0, 0.1) is 0 Å². The highest BCUT2D eigenvalue weighted by Gasteiger charge is 2.20. The Morgan fingerprint density at radius 1 is 1.07 bits per heavy atom. The van der Waals surface area contributed by atoms with Crippen molar-refractivity contribution < 1.29 is 0 Å². The number of benzene rings is 2. The molecule has 3 rings (SSSR count). The van der Waals surface area contributed by atoms with Crippen LogP contribution in [0.25, 0.3) is 11.1 Å². The Labute approximate surface area is 102 Å². The van der Waals surface area contributed by atoms with E-state index in [0.29, 0.717) is 0 Å². The molecule has 0 saturated carbocycles. The van der Waals surface area contributed by atoms with Crippen LogP contribution in [0.2, 0.25) is 5.02 Å². The Bertz CT molecular complexity index is 546. The van der Waals surface area contributed by atoms with Crippen LogP contribution < -0.4 is 0 Å². The fraction of sp³-hybridized carbons (Fsp3) is 0.0769. The highest BCUT2D eigenvalue weighted by molar-refractivity contribution is 9.10. The van der Waals surface area contributed by atoms with Gasteiger partial charge in [0.25, 0.3) is 0 Å². The summed E-state index contributed by atoms with van der Waals surface area (Å²) < 4.78 is 1.13. The largest absolute Gasteiger partial charge is 0.0837 e. The summed E-state index contributed by atoms with van der Waals surface area (Å²) in [4.78, 5) is 0. The summed E-state index contributed by atoms with van der Waals surface area (Å²) in [6.45, 7) is 0. The summed E-state index contributed by atoms with van der Waals surface area (Å²) in [5, 5.41) is 0.855. The zero-order chi connectivity index (χ0) is 10.4. The van der Waals surface area contributed by atoms with Crippen molar-refractivity contribution in [1.82, 2.24) is 0 Å². The molecule has 0 bridgehead atoms. The molecular weight excluding hydrogens is 272 g/mol. The van der Waals surface area contributed by atoms with Gasteiger partial charge in [0.2, 0.25) is 0 Å². The molecule has 0 nitrogen and oxygen atoms in total. The summed E-state index contributed by atoms with van der Waals surface area (Å²) in [6, 6.07) is 12.5. The van der Waals surface area contributed by atoms with Crippen LogP contribution in [0.1, 0.15) is 11.1 Å². The van der Waals surface area contributed by atoms with Crippen molar-refractivity contribution in [3.05, 3.63) is 57.0 Å². The molecule has 2 heteroatoms. The first-order chi connectivity index (χ1) is 7.25. The van der Waals surface area contributed by atoms with Gasteiger partial charge in [-0.15, -0.1) is 0 Å². The van der Waals surface area contributed by atoms with Gasteiger partial charge in [0.1, 0.15) is 0 Å².